The zero-order chi connectivity index (χ0) is 19.5. The van der Waals surface area contributed by atoms with Crippen molar-refractivity contribution in [3.63, 3.8) is 0 Å². The SMILES string of the molecule is CCc1cc(N(C)C)ccc1N.CCc1ccccccc(C)[s+]1CC.Cl.Cl.[Cl-]. The number of hydrogen-bond donors (Lipinski definition) is 1. The van der Waals surface area contributed by atoms with E-state index in [1.807, 2.05) is 26.2 Å². The third-order valence-corrected chi connectivity index (χ3v) is 6.86. The summed E-state index contributed by atoms with van der Waals surface area (Å²) in [5, 5.41) is 0. The van der Waals surface area contributed by atoms with Crippen molar-refractivity contribution in [1.29, 1.82) is 0 Å². The van der Waals surface area contributed by atoms with Crippen LogP contribution in [0.25, 0.3) is 0 Å². The van der Waals surface area contributed by atoms with Crippen LogP contribution >= 0.6 is 35.3 Å². The maximum absolute atomic E-state index is 5.78. The Morgan fingerprint density at radius 3 is 1.93 bits per heavy atom. The summed E-state index contributed by atoms with van der Waals surface area (Å²) < 4.78 is 0. The van der Waals surface area contributed by atoms with E-state index in [9.17, 15) is 0 Å². The molecule has 2 rings (SSSR count). The zero-order valence-corrected chi connectivity index (χ0v) is 21.7. The Bertz CT molecular complexity index is 745. The monoisotopic (exact) mass is 478 g/mol. The van der Waals surface area contributed by atoms with Gasteiger partial charge in [0.05, 0.1) is 0 Å². The van der Waals surface area contributed by atoms with Crippen LogP contribution in [0, 0.1) is 6.92 Å². The van der Waals surface area contributed by atoms with E-state index in [4.69, 9.17) is 5.73 Å². The standard InChI is InChI=1S/C13H19S.C10H16N2.3ClH/c1-4-13-11-9-7-6-8-10-12(3)14(13)5-2;1-4-8-7-9(12(2)3)5-6-10(8)11;;;/h6-11H,4-5H2,1-3H3;5-7H,4,11H2,1-3H3;3*1H/q+1;;;;/p-1. The molecule has 0 aliphatic carbocycles. The number of rotatable bonds is 4. The second-order valence-electron chi connectivity index (χ2n) is 6.34. The van der Waals surface area contributed by atoms with E-state index >= 15 is 0 Å². The van der Waals surface area contributed by atoms with Gasteiger partial charge in [0, 0.05) is 38.8 Å². The first-order chi connectivity index (χ1) is 12.4. The average Bonchev–Trinajstić information content (AvgIpc) is 2.72. The molecule has 1 aromatic heterocycles. The summed E-state index contributed by atoms with van der Waals surface area (Å²) in [6, 6.07) is 19.1. The predicted molar refractivity (Wildman–Crippen MR) is 135 cm³/mol. The molecular formula is C23H37Cl3N2S. The van der Waals surface area contributed by atoms with Crippen molar-refractivity contribution < 1.29 is 12.4 Å². The van der Waals surface area contributed by atoms with E-state index in [-0.39, 0.29) is 37.2 Å². The molecule has 0 fully saturated rings. The molecule has 0 bridgehead atoms. The van der Waals surface area contributed by atoms with Crippen molar-refractivity contribution in [2.24, 2.45) is 0 Å². The minimum Gasteiger partial charge on any atom is -1.00 e. The van der Waals surface area contributed by atoms with Crippen LogP contribution in [0.3, 0.4) is 0 Å². The summed E-state index contributed by atoms with van der Waals surface area (Å²) in [5.74, 6) is 1.23. The van der Waals surface area contributed by atoms with Gasteiger partial charge >= 0.3 is 0 Å². The van der Waals surface area contributed by atoms with E-state index in [2.05, 4.69) is 75.1 Å². The van der Waals surface area contributed by atoms with Gasteiger partial charge in [0.15, 0.2) is 0 Å². The number of benzene rings is 1. The Labute approximate surface area is 199 Å². The molecule has 0 spiro atoms. The molecule has 1 unspecified atom stereocenters. The second-order valence-corrected chi connectivity index (χ2v) is 8.87. The molecule has 1 aromatic carbocycles. The molecular weight excluding hydrogens is 443 g/mol. The Morgan fingerprint density at radius 2 is 1.45 bits per heavy atom. The van der Waals surface area contributed by atoms with Crippen molar-refractivity contribution in [2.75, 3.05) is 24.7 Å². The molecule has 6 heteroatoms. The van der Waals surface area contributed by atoms with Gasteiger partial charge < -0.3 is 23.0 Å². The third kappa shape index (κ3) is 11.0. The van der Waals surface area contributed by atoms with Crippen LogP contribution in [0.2, 0.25) is 0 Å². The first kappa shape index (κ1) is 32.5. The highest BCUT2D eigenvalue weighted by Gasteiger charge is 2.08. The predicted octanol–water partition coefficient (Wildman–Crippen LogP) is 4.20. The van der Waals surface area contributed by atoms with Crippen molar-refractivity contribution >= 4 is 46.7 Å². The van der Waals surface area contributed by atoms with Crippen molar-refractivity contribution in [2.45, 2.75) is 46.3 Å². The molecule has 2 N–H and O–H groups in total. The lowest BCUT2D eigenvalue weighted by Crippen LogP contribution is -3.00. The van der Waals surface area contributed by atoms with Crippen molar-refractivity contribution in [3.05, 3.63) is 69.9 Å². The summed E-state index contributed by atoms with van der Waals surface area (Å²) in [6.45, 7) is 8.88. The molecule has 0 aliphatic rings. The Morgan fingerprint density at radius 1 is 0.862 bits per heavy atom. The van der Waals surface area contributed by atoms with Crippen LogP contribution in [0.1, 0.15) is 36.1 Å². The topological polar surface area (TPSA) is 29.3 Å². The number of nitrogens with zero attached hydrogens (tertiary/aromatic N) is 1. The normalized spacial score (nSPS) is 9.38. The van der Waals surface area contributed by atoms with Crippen LogP contribution in [0.4, 0.5) is 11.4 Å². The van der Waals surface area contributed by atoms with Crippen LogP contribution in [-0.4, -0.2) is 14.1 Å². The molecule has 0 amide bonds. The van der Waals surface area contributed by atoms with Gasteiger partial charge in [-0.15, -0.1) is 24.8 Å². The van der Waals surface area contributed by atoms with Gasteiger partial charge in [-0.25, -0.2) is 0 Å². The number of nitrogens with two attached hydrogens (primary N) is 1. The van der Waals surface area contributed by atoms with Crippen LogP contribution in [-0.2, 0) is 18.6 Å². The number of hydrogen-bond acceptors (Lipinski definition) is 2. The highest BCUT2D eigenvalue weighted by molar-refractivity contribution is 7.30. The fourth-order valence-corrected chi connectivity index (χ4v) is 4.81. The molecule has 2 aromatic rings. The van der Waals surface area contributed by atoms with Gasteiger partial charge in [-0.3, -0.25) is 0 Å². The lowest BCUT2D eigenvalue weighted by Gasteiger charge is -2.14. The summed E-state index contributed by atoms with van der Waals surface area (Å²) in [4.78, 5) is 5.15. The first-order valence-electron chi connectivity index (χ1n) is 9.41. The minimum absolute atomic E-state index is 0. The van der Waals surface area contributed by atoms with Crippen LogP contribution in [0.15, 0.2) is 54.6 Å². The molecule has 166 valence electrons. The molecule has 1 heterocycles. The fraction of sp³-hybridized carbons (Fsp3) is 0.391. The number of aryl methyl sites for hydroxylation is 3. The molecule has 29 heavy (non-hydrogen) atoms. The Kier molecular flexibility index (Phi) is 19.9. The molecule has 0 saturated heterocycles. The van der Waals surface area contributed by atoms with Gasteiger partial charge in [0.1, 0.15) is 15.5 Å². The van der Waals surface area contributed by atoms with Gasteiger partial charge in [-0.05, 0) is 59.7 Å². The van der Waals surface area contributed by atoms with E-state index in [1.54, 1.807) is 4.88 Å². The van der Waals surface area contributed by atoms with Gasteiger partial charge in [0.2, 0.25) is 0 Å². The van der Waals surface area contributed by atoms with Crippen LogP contribution < -0.4 is 23.0 Å². The largest absolute Gasteiger partial charge is 1.00 e. The Balaban J connectivity index is -0.000000426. The van der Waals surface area contributed by atoms with E-state index in [1.165, 1.54) is 21.9 Å². The molecule has 0 aliphatic heterocycles. The van der Waals surface area contributed by atoms with E-state index < -0.39 is 0 Å². The summed E-state index contributed by atoms with van der Waals surface area (Å²) in [6.07, 6.45) is 2.15. The average molecular weight is 480 g/mol. The fourth-order valence-electron chi connectivity index (χ4n) is 2.73. The van der Waals surface area contributed by atoms with Gasteiger partial charge in [-0.2, -0.15) is 0 Å². The summed E-state index contributed by atoms with van der Waals surface area (Å²) in [7, 11) is 4.41. The second kappa shape index (κ2) is 17.7. The number of anilines is 2. The minimum atomic E-state index is 0. The highest BCUT2D eigenvalue weighted by atomic mass is 35.5. The lowest BCUT2D eigenvalue weighted by molar-refractivity contribution is -0.00000596. The maximum Gasteiger partial charge on any atom is 0.150 e. The highest BCUT2D eigenvalue weighted by Crippen LogP contribution is 2.27. The number of halogens is 3. The van der Waals surface area contributed by atoms with Gasteiger partial charge in [-0.1, -0.05) is 38.1 Å². The van der Waals surface area contributed by atoms with E-state index in [0.717, 1.165) is 18.5 Å². The maximum atomic E-state index is 5.78. The third-order valence-electron chi connectivity index (χ3n) is 4.31. The zero-order valence-electron chi connectivity index (χ0n) is 18.4. The quantitative estimate of drug-likeness (QED) is 0.526. The van der Waals surface area contributed by atoms with Gasteiger partial charge in [0.25, 0.3) is 0 Å². The van der Waals surface area contributed by atoms with Crippen molar-refractivity contribution in [1.82, 2.24) is 0 Å². The van der Waals surface area contributed by atoms with Crippen molar-refractivity contribution in [3.8, 4) is 0 Å². The smallest absolute Gasteiger partial charge is 0.150 e. The summed E-state index contributed by atoms with van der Waals surface area (Å²) in [5.41, 5.74) is 9.11. The molecule has 0 radical (unpaired) electrons. The molecule has 1 atom stereocenters. The van der Waals surface area contributed by atoms with Crippen LogP contribution in [0.5, 0.6) is 0 Å². The van der Waals surface area contributed by atoms with E-state index in [0.29, 0.717) is 10.5 Å². The lowest BCUT2D eigenvalue weighted by atomic mass is 10.1. The first-order valence-corrected chi connectivity index (χ1v) is 10.8. The summed E-state index contributed by atoms with van der Waals surface area (Å²) >= 11 is 0. The molecule has 2 nitrogen and oxygen atoms in total. The Hall–Kier alpha value is -1.13. The molecule has 0 saturated carbocycles. The number of nitrogen functional groups attached to an aromatic ring is 1.